The van der Waals surface area contributed by atoms with Crippen molar-refractivity contribution < 1.29 is 19.5 Å². The molecule has 0 unspecified atom stereocenters. The molecule has 1 heterocycles. The van der Waals surface area contributed by atoms with Crippen LogP contribution in [0, 0.1) is 0 Å². The van der Waals surface area contributed by atoms with Crippen LogP contribution in [-0.4, -0.2) is 33.9 Å². The van der Waals surface area contributed by atoms with Crippen molar-refractivity contribution in [3.63, 3.8) is 0 Å². The molecule has 0 spiro atoms. The Morgan fingerprint density at radius 1 is 1.00 bits per heavy atom. The number of hydrogen-bond donors (Lipinski definition) is 3. The van der Waals surface area contributed by atoms with E-state index in [-0.39, 0.29) is 19.4 Å². The number of aliphatic hydroxyl groups is 1. The average Bonchev–Trinajstić information content (AvgIpc) is 3.26. The van der Waals surface area contributed by atoms with Crippen LogP contribution in [0.2, 0.25) is 10.0 Å². The van der Waals surface area contributed by atoms with Crippen LogP contribution in [-0.2, 0) is 16.1 Å². The second-order valence-corrected chi connectivity index (χ2v) is 9.06. The summed E-state index contributed by atoms with van der Waals surface area (Å²) in [4.78, 5) is 39.1. The molecule has 1 atom stereocenters. The number of halogens is 2. The lowest BCUT2D eigenvalue weighted by molar-refractivity contribution is -0.132. The monoisotopic (exact) mass is 523 g/mol. The summed E-state index contributed by atoms with van der Waals surface area (Å²) in [5, 5.41) is 15.2. The van der Waals surface area contributed by atoms with Crippen molar-refractivity contribution in [3.05, 3.63) is 94.2 Å². The van der Waals surface area contributed by atoms with Gasteiger partial charge in [0.15, 0.2) is 0 Å². The number of nitrogens with zero attached hydrogens (tertiary/aromatic N) is 1. The summed E-state index contributed by atoms with van der Waals surface area (Å²) in [5.74, 6) is -0.845. The van der Waals surface area contributed by atoms with Crippen molar-refractivity contribution in [2.45, 2.75) is 25.4 Å². The molecule has 0 bridgehead atoms. The van der Waals surface area contributed by atoms with Crippen LogP contribution in [0.4, 0.5) is 10.5 Å². The minimum absolute atomic E-state index is 0.105. The molecule has 9 heteroatoms. The van der Waals surface area contributed by atoms with E-state index in [4.69, 9.17) is 28.3 Å². The van der Waals surface area contributed by atoms with Crippen LogP contribution in [0.15, 0.2) is 73.0 Å². The molecule has 1 aliphatic heterocycles. The second-order valence-electron chi connectivity index (χ2n) is 8.22. The lowest BCUT2D eigenvalue weighted by atomic mass is 10.0. The third kappa shape index (κ3) is 5.87. The summed E-state index contributed by atoms with van der Waals surface area (Å²) in [6, 6.07) is 18.1. The fraction of sp³-hybridized carbons (Fsp3) is 0.148. The number of likely N-dealkylation sites (tertiary alicyclic amines) is 1. The Morgan fingerprint density at radius 2 is 1.67 bits per heavy atom. The molecule has 7 nitrogen and oxygen atoms in total. The van der Waals surface area contributed by atoms with Gasteiger partial charge in [-0.15, -0.1) is 0 Å². The summed E-state index contributed by atoms with van der Waals surface area (Å²) >= 11 is 12.1. The van der Waals surface area contributed by atoms with Gasteiger partial charge in [-0.1, -0.05) is 65.7 Å². The Kier molecular flexibility index (Phi) is 7.93. The molecular formula is C27H23Cl2N3O4. The second kappa shape index (κ2) is 11.3. The molecule has 4 rings (SSSR count). The highest BCUT2D eigenvalue weighted by molar-refractivity contribution is 6.35. The van der Waals surface area contributed by atoms with E-state index in [2.05, 4.69) is 10.6 Å². The van der Waals surface area contributed by atoms with Crippen molar-refractivity contribution in [1.82, 2.24) is 10.2 Å². The van der Waals surface area contributed by atoms with E-state index >= 15 is 0 Å². The van der Waals surface area contributed by atoms with Gasteiger partial charge in [0.2, 0.25) is 11.8 Å². The predicted molar refractivity (Wildman–Crippen MR) is 141 cm³/mol. The third-order valence-electron chi connectivity index (χ3n) is 5.85. The van der Waals surface area contributed by atoms with Gasteiger partial charge in [-0.2, -0.15) is 0 Å². The van der Waals surface area contributed by atoms with Crippen LogP contribution in [0.5, 0.6) is 0 Å². The molecule has 3 N–H and O–H groups in total. The number of carbonyl (C=O) groups excluding carboxylic acids is 3. The maximum Gasteiger partial charge on any atom is 0.329 e. The van der Waals surface area contributed by atoms with Gasteiger partial charge in [0.25, 0.3) is 0 Å². The standard InChI is InChI=1S/C27H23Cl2N3O4/c28-21-8-5-20(23(29)15-21)16-30-26(35)24-11-12-25(34)32(24)27(36)31-22-9-6-19(7-10-22)18-3-1-17(2-4-18)13-14-33/h1-10,13-15,24,33H,11-12,16H2,(H,30,35)(H,31,36)/b14-13+/t24-/m0/s1. The molecule has 4 amide bonds. The van der Waals surface area contributed by atoms with Crippen LogP contribution in [0.3, 0.4) is 0 Å². The predicted octanol–water partition coefficient (Wildman–Crippen LogP) is 6.03. The first-order valence-electron chi connectivity index (χ1n) is 11.2. The van der Waals surface area contributed by atoms with Gasteiger partial charge >= 0.3 is 6.03 Å². The number of benzene rings is 3. The van der Waals surface area contributed by atoms with Crippen molar-refractivity contribution in [2.75, 3.05) is 5.32 Å². The highest BCUT2D eigenvalue weighted by atomic mass is 35.5. The Labute approximate surface area is 218 Å². The number of anilines is 1. The number of urea groups is 1. The zero-order valence-electron chi connectivity index (χ0n) is 19.1. The van der Waals surface area contributed by atoms with E-state index in [9.17, 15) is 14.4 Å². The number of hydrogen-bond acceptors (Lipinski definition) is 4. The summed E-state index contributed by atoms with van der Waals surface area (Å²) in [5.41, 5.74) is 3.94. The number of nitrogens with one attached hydrogen (secondary N) is 2. The number of amides is 4. The van der Waals surface area contributed by atoms with Crippen LogP contribution < -0.4 is 10.6 Å². The fourth-order valence-corrected chi connectivity index (χ4v) is 4.43. The van der Waals surface area contributed by atoms with Gasteiger partial charge in [-0.3, -0.25) is 14.5 Å². The topological polar surface area (TPSA) is 98.7 Å². The molecule has 3 aromatic carbocycles. The molecule has 3 aromatic rings. The molecule has 1 aliphatic rings. The first-order chi connectivity index (χ1) is 17.4. The SMILES string of the molecule is O=C(NCc1ccc(Cl)cc1Cl)[C@@H]1CCC(=O)N1C(=O)Nc1ccc(-c2ccc(/C=C/O)cc2)cc1. The van der Waals surface area contributed by atoms with E-state index < -0.39 is 23.9 Å². The Hall–Kier alpha value is -3.81. The van der Waals surface area contributed by atoms with Gasteiger partial charge < -0.3 is 15.7 Å². The van der Waals surface area contributed by atoms with Gasteiger partial charge in [0, 0.05) is 28.7 Å². The number of rotatable bonds is 6. The summed E-state index contributed by atoms with van der Waals surface area (Å²) in [7, 11) is 0. The Morgan fingerprint density at radius 3 is 2.31 bits per heavy atom. The average molecular weight is 524 g/mol. The van der Waals surface area contributed by atoms with Gasteiger partial charge in [-0.25, -0.2) is 4.79 Å². The van der Waals surface area contributed by atoms with Crippen molar-refractivity contribution >= 4 is 52.8 Å². The van der Waals surface area contributed by atoms with Crippen molar-refractivity contribution in [3.8, 4) is 11.1 Å². The summed E-state index contributed by atoms with van der Waals surface area (Å²) < 4.78 is 0. The van der Waals surface area contributed by atoms with Crippen LogP contribution >= 0.6 is 23.2 Å². The lowest BCUT2D eigenvalue weighted by Gasteiger charge is -2.23. The molecule has 1 fully saturated rings. The Balaban J connectivity index is 1.39. The molecule has 0 aliphatic carbocycles. The normalized spacial score (nSPS) is 15.3. The largest absolute Gasteiger partial charge is 0.516 e. The molecular weight excluding hydrogens is 501 g/mol. The molecule has 184 valence electrons. The van der Waals surface area contributed by atoms with Crippen molar-refractivity contribution in [1.29, 1.82) is 0 Å². The minimum Gasteiger partial charge on any atom is -0.516 e. The first kappa shape index (κ1) is 25.3. The molecule has 0 saturated carbocycles. The maximum atomic E-state index is 12.9. The molecule has 1 saturated heterocycles. The van der Waals surface area contributed by atoms with Gasteiger partial charge in [-0.05, 0) is 59.0 Å². The zero-order chi connectivity index (χ0) is 25.7. The molecule has 0 radical (unpaired) electrons. The van der Waals surface area contributed by atoms with E-state index in [0.29, 0.717) is 21.3 Å². The fourth-order valence-electron chi connectivity index (χ4n) is 3.95. The van der Waals surface area contributed by atoms with E-state index in [1.54, 1.807) is 36.4 Å². The highest BCUT2D eigenvalue weighted by Crippen LogP contribution is 2.25. The summed E-state index contributed by atoms with van der Waals surface area (Å²) in [6.45, 7) is 0.147. The minimum atomic E-state index is -0.908. The van der Waals surface area contributed by atoms with Crippen LogP contribution in [0.1, 0.15) is 24.0 Å². The molecule has 36 heavy (non-hydrogen) atoms. The maximum absolute atomic E-state index is 12.9. The van der Waals surface area contributed by atoms with E-state index in [0.717, 1.165) is 27.9 Å². The van der Waals surface area contributed by atoms with Crippen molar-refractivity contribution in [2.24, 2.45) is 0 Å². The molecule has 0 aromatic heterocycles. The number of aliphatic hydroxyl groups excluding tert-OH is 1. The van der Waals surface area contributed by atoms with Gasteiger partial charge in [0.1, 0.15) is 6.04 Å². The smallest absolute Gasteiger partial charge is 0.329 e. The number of carbonyl (C=O) groups is 3. The lowest BCUT2D eigenvalue weighted by Crippen LogP contribution is -2.49. The van der Waals surface area contributed by atoms with E-state index in [1.165, 1.54) is 0 Å². The van der Waals surface area contributed by atoms with Gasteiger partial charge in [0.05, 0.1) is 6.26 Å². The third-order valence-corrected chi connectivity index (χ3v) is 6.44. The van der Waals surface area contributed by atoms with E-state index in [1.807, 2.05) is 36.4 Å². The first-order valence-corrected chi connectivity index (χ1v) is 12.0. The van der Waals surface area contributed by atoms with Crippen LogP contribution in [0.25, 0.3) is 17.2 Å². The Bertz CT molecular complexity index is 1310. The summed E-state index contributed by atoms with van der Waals surface area (Å²) in [6.07, 6.45) is 2.92. The highest BCUT2D eigenvalue weighted by Gasteiger charge is 2.40. The zero-order valence-corrected chi connectivity index (χ0v) is 20.6. The quantitative estimate of drug-likeness (QED) is 0.343. The number of imide groups is 1.